The van der Waals surface area contributed by atoms with Crippen molar-refractivity contribution in [3.05, 3.63) is 48.0 Å². The molecule has 0 saturated carbocycles. The molecule has 0 fully saturated rings. The van der Waals surface area contributed by atoms with Crippen LogP contribution < -0.4 is 5.32 Å². The van der Waals surface area contributed by atoms with E-state index in [0.717, 1.165) is 32.4 Å². The number of hydrogen-bond donors (Lipinski definition) is 1. The highest BCUT2D eigenvalue weighted by molar-refractivity contribution is 5.26. The lowest BCUT2D eigenvalue weighted by atomic mass is 10.0. The predicted molar refractivity (Wildman–Crippen MR) is 87.0 cm³/mol. The molecule has 0 atom stereocenters. The van der Waals surface area contributed by atoms with Gasteiger partial charge in [-0.3, -0.25) is 0 Å². The summed E-state index contributed by atoms with van der Waals surface area (Å²) >= 11 is 0. The number of benzene rings is 1. The second-order valence-corrected chi connectivity index (χ2v) is 6.18. The lowest BCUT2D eigenvalue weighted by molar-refractivity contribution is 0.118. The number of ether oxygens (including phenoxy) is 1. The van der Waals surface area contributed by atoms with Gasteiger partial charge in [0.25, 0.3) is 0 Å². The molecular formula is C18H29NO. The Balaban J connectivity index is 2.40. The van der Waals surface area contributed by atoms with Crippen LogP contribution in [-0.2, 0) is 17.8 Å². The highest BCUT2D eigenvalue weighted by atomic mass is 16.5. The van der Waals surface area contributed by atoms with Gasteiger partial charge in [0.2, 0.25) is 0 Å². The van der Waals surface area contributed by atoms with Gasteiger partial charge in [0.1, 0.15) is 0 Å². The third kappa shape index (κ3) is 7.46. The number of allylic oxidation sites excluding steroid dienone is 1. The number of rotatable bonds is 9. The molecule has 0 unspecified atom stereocenters. The van der Waals surface area contributed by atoms with Gasteiger partial charge in [-0.15, -0.1) is 6.58 Å². The fraction of sp³-hybridized carbons (Fsp3) is 0.556. The van der Waals surface area contributed by atoms with Crippen LogP contribution in [0.15, 0.2) is 36.9 Å². The van der Waals surface area contributed by atoms with Crippen molar-refractivity contribution in [2.75, 3.05) is 13.2 Å². The van der Waals surface area contributed by atoms with Crippen molar-refractivity contribution in [2.45, 2.75) is 52.2 Å². The second-order valence-electron chi connectivity index (χ2n) is 6.18. The standard InChI is InChI=1S/C18H29NO/c1-5-6-9-14-20-15-17-11-8-7-10-16(17)12-13-19-18(2,3)4/h5,7-8,10-11,19H,1,6,9,12-15H2,2-4H3. The molecule has 1 N–H and O–H groups in total. The van der Waals surface area contributed by atoms with Crippen molar-refractivity contribution in [1.29, 1.82) is 0 Å². The van der Waals surface area contributed by atoms with Gasteiger partial charge in [-0.05, 0) is 57.7 Å². The fourth-order valence-electron chi connectivity index (χ4n) is 2.03. The lowest BCUT2D eigenvalue weighted by Crippen LogP contribution is -2.37. The molecule has 20 heavy (non-hydrogen) atoms. The van der Waals surface area contributed by atoms with Crippen LogP contribution in [0.1, 0.15) is 44.7 Å². The third-order valence-electron chi connectivity index (χ3n) is 3.12. The largest absolute Gasteiger partial charge is 0.377 e. The van der Waals surface area contributed by atoms with Crippen molar-refractivity contribution < 1.29 is 4.74 Å². The van der Waals surface area contributed by atoms with Crippen molar-refractivity contribution in [1.82, 2.24) is 5.32 Å². The van der Waals surface area contributed by atoms with E-state index in [-0.39, 0.29) is 5.54 Å². The molecule has 2 heteroatoms. The first kappa shape index (κ1) is 16.9. The van der Waals surface area contributed by atoms with Crippen LogP contribution in [0.4, 0.5) is 0 Å². The van der Waals surface area contributed by atoms with E-state index in [1.807, 2.05) is 6.08 Å². The molecule has 1 aromatic rings. The zero-order valence-electron chi connectivity index (χ0n) is 13.2. The normalized spacial score (nSPS) is 11.6. The van der Waals surface area contributed by atoms with Crippen LogP contribution in [0, 0.1) is 0 Å². The monoisotopic (exact) mass is 275 g/mol. The maximum Gasteiger partial charge on any atom is 0.0719 e. The highest BCUT2D eigenvalue weighted by Crippen LogP contribution is 2.11. The minimum absolute atomic E-state index is 0.177. The van der Waals surface area contributed by atoms with Gasteiger partial charge in [0.05, 0.1) is 6.61 Å². The Morgan fingerprint density at radius 2 is 1.90 bits per heavy atom. The van der Waals surface area contributed by atoms with Crippen LogP contribution in [0.2, 0.25) is 0 Å². The summed E-state index contributed by atoms with van der Waals surface area (Å²) in [6.07, 6.45) is 5.06. The summed E-state index contributed by atoms with van der Waals surface area (Å²) in [6.45, 7) is 12.8. The van der Waals surface area contributed by atoms with Crippen molar-refractivity contribution in [2.24, 2.45) is 0 Å². The first-order chi connectivity index (χ1) is 9.53. The molecule has 1 aromatic carbocycles. The number of hydrogen-bond acceptors (Lipinski definition) is 2. The molecule has 0 aromatic heterocycles. The summed E-state index contributed by atoms with van der Waals surface area (Å²) in [4.78, 5) is 0. The molecule has 1 rings (SSSR count). The summed E-state index contributed by atoms with van der Waals surface area (Å²) in [5.41, 5.74) is 2.87. The average molecular weight is 275 g/mol. The zero-order chi connectivity index (χ0) is 14.8. The molecule has 0 radical (unpaired) electrons. The first-order valence-electron chi connectivity index (χ1n) is 7.53. The van der Waals surface area contributed by atoms with Gasteiger partial charge in [-0.25, -0.2) is 0 Å². The first-order valence-corrected chi connectivity index (χ1v) is 7.53. The van der Waals surface area contributed by atoms with Gasteiger partial charge < -0.3 is 10.1 Å². The van der Waals surface area contributed by atoms with Crippen LogP contribution in [0.25, 0.3) is 0 Å². The van der Waals surface area contributed by atoms with Gasteiger partial charge in [-0.1, -0.05) is 30.3 Å². The molecule has 2 nitrogen and oxygen atoms in total. The SMILES string of the molecule is C=CCCCOCc1ccccc1CCNC(C)(C)C. The van der Waals surface area contributed by atoms with E-state index >= 15 is 0 Å². The van der Waals surface area contributed by atoms with E-state index in [2.05, 4.69) is 56.9 Å². The molecule has 0 heterocycles. The van der Waals surface area contributed by atoms with Crippen LogP contribution >= 0.6 is 0 Å². The third-order valence-corrected chi connectivity index (χ3v) is 3.12. The van der Waals surface area contributed by atoms with Crippen LogP contribution in [0.3, 0.4) is 0 Å². The molecule has 0 aliphatic heterocycles. The van der Waals surface area contributed by atoms with E-state index in [9.17, 15) is 0 Å². The van der Waals surface area contributed by atoms with E-state index in [1.54, 1.807) is 0 Å². The highest BCUT2D eigenvalue weighted by Gasteiger charge is 2.08. The topological polar surface area (TPSA) is 21.3 Å². The minimum Gasteiger partial charge on any atom is -0.377 e. The Kier molecular flexibility index (Phi) is 7.56. The van der Waals surface area contributed by atoms with E-state index < -0.39 is 0 Å². The quantitative estimate of drug-likeness (QED) is 0.541. The van der Waals surface area contributed by atoms with Gasteiger partial charge >= 0.3 is 0 Å². The van der Waals surface area contributed by atoms with E-state index in [4.69, 9.17) is 4.74 Å². The smallest absolute Gasteiger partial charge is 0.0719 e. The fourth-order valence-corrected chi connectivity index (χ4v) is 2.03. The summed E-state index contributed by atoms with van der Waals surface area (Å²) in [5, 5.41) is 3.53. The minimum atomic E-state index is 0.177. The Morgan fingerprint density at radius 1 is 1.20 bits per heavy atom. The predicted octanol–water partition coefficient (Wildman–Crippen LogP) is 4.10. The van der Waals surface area contributed by atoms with Crippen molar-refractivity contribution >= 4 is 0 Å². The van der Waals surface area contributed by atoms with E-state index in [1.165, 1.54) is 11.1 Å². The number of nitrogens with one attached hydrogen (secondary N) is 1. The van der Waals surface area contributed by atoms with Crippen LogP contribution in [-0.4, -0.2) is 18.7 Å². The van der Waals surface area contributed by atoms with Gasteiger partial charge in [0, 0.05) is 12.1 Å². The lowest BCUT2D eigenvalue weighted by Gasteiger charge is -2.21. The maximum absolute atomic E-state index is 5.74. The Bertz CT molecular complexity index is 393. The number of unbranched alkanes of at least 4 members (excludes halogenated alkanes) is 1. The van der Waals surface area contributed by atoms with Crippen molar-refractivity contribution in [3.63, 3.8) is 0 Å². The molecule has 0 bridgehead atoms. The molecule has 0 amide bonds. The summed E-state index contributed by atoms with van der Waals surface area (Å²) in [7, 11) is 0. The Hall–Kier alpha value is -1.12. The molecule has 0 saturated heterocycles. The summed E-state index contributed by atoms with van der Waals surface area (Å²) in [6, 6.07) is 8.56. The summed E-state index contributed by atoms with van der Waals surface area (Å²) in [5.74, 6) is 0. The van der Waals surface area contributed by atoms with Gasteiger partial charge in [0.15, 0.2) is 0 Å². The molecule has 0 aliphatic carbocycles. The average Bonchev–Trinajstić information content (AvgIpc) is 2.39. The zero-order valence-corrected chi connectivity index (χ0v) is 13.2. The molecule has 112 valence electrons. The van der Waals surface area contributed by atoms with E-state index in [0.29, 0.717) is 6.61 Å². The second kappa shape index (κ2) is 8.93. The molecule has 0 spiro atoms. The molecule has 0 aliphatic rings. The Morgan fingerprint density at radius 3 is 2.55 bits per heavy atom. The Labute approximate surface area is 124 Å². The van der Waals surface area contributed by atoms with Crippen LogP contribution in [0.5, 0.6) is 0 Å². The van der Waals surface area contributed by atoms with Gasteiger partial charge in [-0.2, -0.15) is 0 Å². The van der Waals surface area contributed by atoms with Crippen molar-refractivity contribution in [3.8, 4) is 0 Å². The summed E-state index contributed by atoms with van der Waals surface area (Å²) < 4.78 is 5.74. The maximum atomic E-state index is 5.74. The molecular weight excluding hydrogens is 246 g/mol.